The van der Waals surface area contributed by atoms with E-state index in [1.54, 1.807) is 17.2 Å². The molecule has 0 saturated carbocycles. The first kappa shape index (κ1) is 20.7. The first-order valence-corrected chi connectivity index (χ1v) is 10.3. The summed E-state index contributed by atoms with van der Waals surface area (Å²) in [6.45, 7) is 3.95. The zero-order valence-electron chi connectivity index (χ0n) is 17.5. The molecule has 0 radical (unpaired) electrons. The fourth-order valence-electron chi connectivity index (χ4n) is 4.05. The molecule has 10 nitrogen and oxygen atoms in total. The van der Waals surface area contributed by atoms with Crippen molar-refractivity contribution < 1.29 is 23.9 Å². The molecule has 0 aromatic carbocycles. The normalized spacial score (nSPS) is 18.5. The van der Waals surface area contributed by atoms with Gasteiger partial charge in [0.1, 0.15) is 23.8 Å². The van der Waals surface area contributed by atoms with Crippen molar-refractivity contribution in [1.29, 1.82) is 0 Å². The standard InChI is InChI=1S/C21H25N5O5/c1-3-22-18-11-14(6-8-24(18)13-27)25-9-10-31-17-12-15(23-19(17)25)20(28)26-7-4-5-16(26)21(29)30-2/h6,8,11-13,16,23H,3-5,7,9-10H2,1-2H3/b22-18-. The van der Waals surface area contributed by atoms with Gasteiger partial charge in [-0.2, -0.15) is 0 Å². The van der Waals surface area contributed by atoms with Crippen LogP contribution in [0.5, 0.6) is 5.75 Å². The number of ether oxygens (including phenoxy) is 2. The van der Waals surface area contributed by atoms with Gasteiger partial charge in [0, 0.05) is 37.1 Å². The smallest absolute Gasteiger partial charge is 0.328 e. The van der Waals surface area contributed by atoms with Gasteiger partial charge in [0.05, 0.1) is 13.7 Å². The van der Waals surface area contributed by atoms with Crippen molar-refractivity contribution in [2.75, 3.05) is 38.3 Å². The number of hydrogen-bond acceptors (Lipinski definition) is 7. The lowest BCUT2D eigenvalue weighted by atomic mass is 10.2. The van der Waals surface area contributed by atoms with E-state index in [4.69, 9.17) is 9.47 Å². The second-order valence-electron chi connectivity index (χ2n) is 7.31. The number of esters is 1. The molecular weight excluding hydrogens is 402 g/mol. The van der Waals surface area contributed by atoms with Crippen LogP contribution in [0.4, 0.5) is 11.5 Å². The number of aromatic nitrogens is 2. The van der Waals surface area contributed by atoms with Gasteiger partial charge in [-0.15, -0.1) is 0 Å². The Balaban J connectivity index is 1.66. The number of anilines is 2. The number of carbonyl (C=O) groups is 3. The Morgan fingerprint density at radius 1 is 1.35 bits per heavy atom. The Labute approximate surface area is 179 Å². The molecule has 0 aliphatic carbocycles. The van der Waals surface area contributed by atoms with E-state index in [0.717, 1.165) is 12.1 Å². The number of methoxy groups -OCH3 is 1. The Morgan fingerprint density at radius 2 is 2.19 bits per heavy atom. The second kappa shape index (κ2) is 8.66. The van der Waals surface area contributed by atoms with Crippen molar-refractivity contribution in [3.05, 3.63) is 35.6 Å². The minimum Gasteiger partial charge on any atom is -0.488 e. The lowest BCUT2D eigenvalue weighted by Gasteiger charge is -2.28. The first-order valence-electron chi connectivity index (χ1n) is 10.3. The van der Waals surface area contributed by atoms with Crippen LogP contribution in [0.15, 0.2) is 29.4 Å². The van der Waals surface area contributed by atoms with Crippen molar-refractivity contribution in [1.82, 2.24) is 14.5 Å². The molecule has 0 spiro atoms. The molecule has 164 valence electrons. The highest BCUT2D eigenvalue weighted by atomic mass is 16.5. The zero-order valence-corrected chi connectivity index (χ0v) is 17.5. The maximum Gasteiger partial charge on any atom is 0.328 e. The Morgan fingerprint density at radius 3 is 2.94 bits per heavy atom. The SMILES string of the molecule is CC/N=c1/cc(N2CCOc3cc(C(=O)N4CCCC4C(=O)OC)[nH]c32)ccn1C=O. The van der Waals surface area contributed by atoms with Crippen molar-refractivity contribution in [2.24, 2.45) is 4.99 Å². The van der Waals surface area contributed by atoms with E-state index in [1.807, 2.05) is 24.0 Å². The number of nitrogens with one attached hydrogen (secondary N) is 1. The lowest BCUT2D eigenvalue weighted by molar-refractivity contribution is -0.145. The highest BCUT2D eigenvalue weighted by Crippen LogP contribution is 2.37. The molecule has 10 heteroatoms. The molecule has 4 rings (SSSR count). The number of nitrogens with zero attached hydrogens (tertiary/aromatic N) is 4. The quantitative estimate of drug-likeness (QED) is 0.565. The molecule has 1 unspecified atom stereocenters. The van der Waals surface area contributed by atoms with E-state index >= 15 is 0 Å². The molecule has 2 aliphatic rings. The number of likely N-dealkylation sites (tertiary alicyclic amines) is 1. The van der Waals surface area contributed by atoms with Crippen LogP contribution < -0.4 is 15.1 Å². The number of aromatic amines is 1. The van der Waals surface area contributed by atoms with Gasteiger partial charge in [0.25, 0.3) is 5.91 Å². The Bertz CT molecular complexity index is 1070. The minimum atomic E-state index is -0.569. The Kier molecular flexibility index (Phi) is 5.79. The van der Waals surface area contributed by atoms with Gasteiger partial charge in [0.15, 0.2) is 11.6 Å². The molecule has 2 aliphatic heterocycles. The van der Waals surface area contributed by atoms with Gasteiger partial charge in [-0.05, 0) is 25.8 Å². The molecular formula is C21H25N5O5. The summed E-state index contributed by atoms with van der Waals surface area (Å²) in [4.78, 5) is 47.5. The van der Waals surface area contributed by atoms with Crippen LogP contribution in [0, 0.1) is 0 Å². The molecule has 4 heterocycles. The topological polar surface area (TPSA) is 109 Å². The van der Waals surface area contributed by atoms with E-state index in [1.165, 1.54) is 11.7 Å². The van der Waals surface area contributed by atoms with Crippen molar-refractivity contribution in [3.63, 3.8) is 0 Å². The average Bonchev–Trinajstić information content (AvgIpc) is 3.45. The van der Waals surface area contributed by atoms with E-state index in [0.29, 0.717) is 61.8 Å². The van der Waals surface area contributed by atoms with E-state index in [2.05, 4.69) is 9.98 Å². The predicted octanol–water partition coefficient (Wildman–Crippen LogP) is 1.08. The summed E-state index contributed by atoms with van der Waals surface area (Å²) in [6.07, 6.45) is 3.71. The number of amides is 1. The van der Waals surface area contributed by atoms with E-state index in [9.17, 15) is 14.4 Å². The molecule has 1 fully saturated rings. The first-order chi connectivity index (χ1) is 15.1. The summed E-state index contributed by atoms with van der Waals surface area (Å²) >= 11 is 0. The number of hydrogen-bond donors (Lipinski definition) is 1. The van der Waals surface area contributed by atoms with Gasteiger partial charge in [-0.3, -0.25) is 19.1 Å². The molecule has 1 saturated heterocycles. The van der Waals surface area contributed by atoms with Crippen LogP contribution in [0.3, 0.4) is 0 Å². The average molecular weight is 427 g/mol. The van der Waals surface area contributed by atoms with Gasteiger partial charge < -0.3 is 24.3 Å². The summed E-state index contributed by atoms with van der Waals surface area (Å²) in [5.41, 5.74) is 1.72. The van der Waals surface area contributed by atoms with Crippen LogP contribution >= 0.6 is 0 Å². The summed E-state index contributed by atoms with van der Waals surface area (Å²) in [6, 6.07) is 4.74. The van der Waals surface area contributed by atoms with Crippen LogP contribution in [0.1, 0.15) is 30.3 Å². The molecule has 1 atom stereocenters. The van der Waals surface area contributed by atoms with Crippen LogP contribution in [0.25, 0.3) is 0 Å². The summed E-state index contributed by atoms with van der Waals surface area (Å²) in [5, 5.41) is 0. The third kappa shape index (κ3) is 3.80. The summed E-state index contributed by atoms with van der Waals surface area (Å²) < 4.78 is 12.0. The predicted molar refractivity (Wildman–Crippen MR) is 112 cm³/mol. The van der Waals surface area contributed by atoms with Crippen LogP contribution in [-0.4, -0.2) is 72.1 Å². The van der Waals surface area contributed by atoms with Crippen LogP contribution in [0.2, 0.25) is 0 Å². The number of fused-ring (bicyclic) bond motifs is 1. The Hall–Kier alpha value is -3.56. The lowest BCUT2D eigenvalue weighted by Crippen LogP contribution is -2.41. The number of carbonyl (C=O) groups excluding carboxylic acids is 3. The fourth-order valence-corrected chi connectivity index (χ4v) is 4.05. The second-order valence-corrected chi connectivity index (χ2v) is 7.31. The zero-order chi connectivity index (χ0) is 22.0. The highest BCUT2D eigenvalue weighted by molar-refractivity contribution is 5.97. The van der Waals surface area contributed by atoms with Crippen molar-refractivity contribution in [3.8, 4) is 5.75 Å². The van der Waals surface area contributed by atoms with Gasteiger partial charge in [-0.25, -0.2) is 4.79 Å². The third-order valence-corrected chi connectivity index (χ3v) is 5.51. The van der Waals surface area contributed by atoms with E-state index < -0.39 is 12.0 Å². The molecule has 1 amide bonds. The van der Waals surface area contributed by atoms with Crippen molar-refractivity contribution in [2.45, 2.75) is 25.8 Å². The van der Waals surface area contributed by atoms with Crippen LogP contribution in [-0.2, 0) is 14.3 Å². The number of rotatable bonds is 5. The van der Waals surface area contributed by atoms with Gasteiger partial charge >= 0.3 is 5.97 Å². The van der Waals surface area contributed by atoms with Gasteiger partial charge in [0.2, 0.25) is 6.41 Å². The number of pyridine rings is 1. The summed E-state index contributed by atoms with van der Waals surface area (Å²) in [5.74, 6) is 0.540. The highest BCUT2D eigenvalue weighted by Gasteiger charge is 2.36. The van der Waals surface area contributed by atoms with Gasteiger partial charge in [-0.1, -0.05) is 0 Å². The largest absolute Gasteiger partial charge is 0.488 e. The molecule has 2 aromatic rings. The fraction of sp³-hybridized carbons (Fsp3) is 0.429. The minimum absolute atomic E-state index is 0.264. The summed E-state index contributed by atoms with van der Waals surface area (Å²) in [7, 11) is 1.33. The van der Waals surface area contributed by atoms with E-state index in [-0.39, 0.29) is 5.91 Å². The number of H-pyrrole nitrogens is 1. The maximum atomic E-state index is 13.1. The molecule has 1 N–H and O–H groups in total. The molecule has 2 aromatic heterocycles. The maximum absolute atomic E-state index is 13.1. The van der Waals surface area contributed by atoms with Crippen molar-refractivity contribution >= 4 is 29.8 Å². The monoisotopic (exact) mass is 427 g/mol. The third-order valence-electron chi connectivity index (χ3n) is 5.51. The molecule has 0 bridgehead atoms. The molecule has 31 heavy (non-hydrogen) atoms.